The molecule has 0 bridgehead atoms. The van der Waals surface area contributed by atoms with Crippen LogP contribution in [-0.4, -0.2) is 18.5 Å². The number of carbonyl (C=O) groups excluding carboxylic acids is 2. The Labute approximate surface area is 125 Å². The Balaban J connectivity index is 2.10. The molecule has 0 aliphatic heterocycles. The lowest BCUT2D eigenvalue weighted by Gasteiger charge is -2.07. The van der Waals surface area contributed by atoms with Crippen molar-refractivity contribution < 1.29 is 23.1 Å². The molecular formula is C16H13F2NO3. The minimum absolute atomic E-state index is 0.132. The maximum Gasteiger partial charge on any atom is 0.338 e. The van der Waals surface area contributed by atoms with Crippen molar-refractivity contribution in [3.63, 3.8) is 0 Å². The lowest BCUT2D eigenvalue weighted by Crippen LogP contribution is -2.13. The van der Waals surface area contributed by atoms with Crippen molar-refractivity contribution in [1.29, 1.82) is 0 Å². The molecule has 0 saturated heterocycles. The zero-order valence-electron chi connectivity index (χ0n) is 11.7. The number of halogens is 2. The number of nitrogens with one attached hydrogen (secondary N) is 1. The van der Waals surface area contributed by atoms with Crippen molar-refractivity contribution >= 4 is 17.6 Å². The third kappa shape index (κ3) is 3.88. The zero-order valence-corrected chi connectivity index (χ0v) is 11.7. The van der Waals surface area contributed by atoms with E-state index < -0.39 is 23.5 Å². The van der Waals surface area contributed by atoms with Crippen LogP contribution in [0, 0.1) is 11.6 Å². The van der Waals surface area contributed by atoms with Crippen molar-refractivity contribution in [3.8, 4) is 0 Å². The summed E-state index contributed by atoms with van der Waals surface area (Å²) in [6, 6.07) is 8.53. The maximum absolute atomic E-state index is 13.1. The van der Waals surface area contributed by atoms with Gasteiger partial charge in [0.1, 0.15) is 11.6 Å². The summed E-state index contributed by atoms with van der Waals surface area (Å²) in [5.41, 5.74) is 0.603. The Hall–Kier alpha value is -2.76. The summed E-state index contributed by atoms with van der Waals surface area (Å²) in [5.74, 6) is -2.78. The van der Waals surface area contributed by atoms with Crippen LogP contribution in [0.4, 0.5) is 14.5 Å². The van der Waals surface area contributed by atoms with E-state index in [0.717, 1.165) is 12.1 Å². The molecule has 0 atom stereocenters. The van der Waals surface area contributed by atoms with Crippen LogP contribution in [0.2, 0.25) is 0 Å². The highest BCUT2D eigenvalue weighted by Crippen LogP contribution is 2.14. The minimum atomic E-state index is -0.831. The monoisotopic (exact) mass is 305 g/mol. The minimum Gasteiger partial charge on any atom is -0.462 e. The van der Waals surface area contributed by atoms with Gasteiger partial charge < -0.3 is 10.1 Å². The van der Waals surface area contributed by atoms with Crippen molar-refractivity contribution in [1.82, 2.24) is 0 Å². The molecule has 0 saturated carbocycles. The molecule has 0 radical (unpaired) electrons. The summed E-state index contributed by atoms with van der Waals surface area (Å²) in [5, 5.41) is 2.49. The summed E-state index contributed by atoms with van der Waals surface area (Å²) in [6.45, 7) is 1.97. The van der Waals surface area contributed by atoms with E-state index in [0.29, 0.717) is 17.3 Å². The summed E-state index contributed by atoms with van der Waals surface area (Å²) in [4.78, 5) is 23.4. The number of rotatable bonds is 4. The van der Waals surface area contributed by atoms with Crippen LogP contribution in [0.15, 0.2) is 42.5 Å². The Morgan fingerprint density at radius 1 is 1.00 bits per heavy atom. The Morgan fingerprint density at radius 3 is 2.14 bits per heavy atom. The first-order valence-electron chi connectivity index (χ1n) is 6.54. The molecule has 0 aliphatic rings. The SMILES string of the molecule is CCOC(=O)c1ccc(NC(=O)c2cc(F)cc(F)c2)cc1. The van der Waals surface area contributed by atoms with Gasteiger partial charge in [0.2, 0.25) is 0 Å². The van der Waals surface area contributed by atoms with Crippen LogP contribution in [0.1, 0.15) is 27.6 Å². The number of anilines is 1. The van der Waals surface area contributed by atoms with Crippen LogP contribution in [0.25, 0.3) is 0 Å². The van der Waals surface area contributed by atoms with Crippen LogP contribution >= 0.6 is 0 Å². The van der Waals surface area contributed by atoms with E-state index in [1.165, 1.54) is 24.3 Å². The average molecular weight is 305 g/mol. The van der Waals surface area contributed by atoms with E-state index in [2.05, 4.69) is 5.32 Å². The molecule has 2 aromatic rings. The first kappa shape index (κ1) is 15.6. The number of amides is 1. The van der Waals surface area contributed by atoms with E-state index >= 15 is 0 Å². The fourth-order valence-corrected chi connectivity index (χ4v) is 1.79. The Kier molecular flexibility index (Phi) is 4.83. The lowest BCUT2D eigenvalue weighted by atomic mass is 10.1. The van der Waals surface area contributed by atoms with Crippen molar-refractivity contribution in [2.24, 2.45) is 0 Å². The molecule has 0 fully saturated rings. The average Bonchev–Trinajstić information content (AvgIpc) is 2.47. The zero-order chi connectivity index (χ0) is 16.1. The number of esters is 1. The summed E-state index contributed by atoms with van der Waals surface area (Å²) in [6.07, 6.45) is 0. The first-order valence-corrected chi connectivity index (χ1v) is 6.54. The second kappa shape index (κ2) is 6.80. The van der Waals surface area contributed by atoms with E-state index in [4.69, 9.17) is 4.74 Å². The molecule has 0 heterocycles. The van der Waals surface area contributed by atoms with Gasteiger partial charge in [-0.2, -0.15) is 0 Å². The highest BCUT2D eigenvalue weighted by atomic mass is 19.1. The van der Waals surface area contributed by atoms with Gasteiger partial charge in [-0.1, -0.05) is 0 Å². The third-order valence-corrected chi connectivity index (χ3v) is 2.78. The summed E-state index contributed by atoms with van der Waals surface area (Å²) >= 11 is 0. The summed E-state index contributed by atoms with van der Waals surface area (Å²) < 4.78 is 31.0. The van der Waals surface area contributed by atoms with E-state index in [9.17, 15) is 18.4 Å². The largest absolute Gasteiger partial charge is 0.462 e. The van der Waals surface area contributed by atoms with E-state index in [1.54, 1.807) is 6.92 Å². The quantitative estimate of drug-likeness (QED) is 0.881. The molecule has 22 heavy (non-hydrogen) atoms. The molecule has 0 aliphatic carbocycles. The molecule has 4 nitrogen and oxygen atoms in total. The molecular weight excluding hydrogens is 292 g/mol. The standard InChI is InChI=1S/C16H13F2NO3/c1-2-22-16(21)10-3-5-14(6-4-10)19-15(20)11-7-12(17)9-13(18)8-11/h3-9H,2H2,1H3,(H,19,20). The lowest BCUT2D eigenvalue weighted by molar-refractivity contribution is 0.0526. The fraction of sp³-hybridized carbons (Fsp3) is 0.125. The van der Waals surface area contributed by atoms with Crippen molar-refractivity contribution in [2.45, 2.75) is 6.92 Å². The highest BCUT2D eigenvalue weighted by molar-refractivity contribution is 6.04. The van der Waals surface area contributed by atoms with Crippen LogP contribution < -0.4 is 5.32 Å². The number of hydrogen-bond acceptors (Lipinski definition) is 3. The van der Waals surface area contributed by atoms with Gasteiger partial charge in [0.25, 0.3) is 5.91 Å². The molecule has 1 amide bonds. The van der Waals surface area contributed by atoms with Gasteiger partial charge in [0, 0.05) is 17.3 Å². The van der Waals surface area contributed by atoms with Gasteiger partial charge in [0.05, 0.1) is 12.2 Å². The number of hydrogen-bond donors (Lipinski definition) is 1. The van der Waals surface area contributed by atoms with Gasteiger partial charge in [-0.25, -0.2) is 13.6 Å². The summed E-state index contributed by atoms with van der Waals surface area (Å²) in [7, 11) is 0. The van der Waals surface area contributed by atoms with Crippen molar-refractivity contribution in [3.05, 3.63) is 65.2 Å². The maximum atomic E-state index is 13.1. The van der Waals surface area contributed by atoms with Crippen LogP contribution in [0.5, 0.6) is 0 Å². The normalized spacial score (nSPS) is 10.1. The molecule has 0 aromatic heterocycles. The van der Waals surface area contributed by atoms with E-state index in [1.807, 2.05) is 0 Å². The Bertz CT molecular complexity index is 679. The molecule has 2 rings (SSSR count). The molecule has 6 heteroatoms. The highest BCUT2D eigenvalue weighted by Gasteiger charge is 2.11. The van der Waals surface area contributed by atoms with Gasteiger partial charge in [-0.15, -0.1) is 0 Å². The second-order valence-corrected chi connectivity index (χ2v) is 4.41. The molecule has 114 valence electrons. The molecule has 0 spiro atoms. The predicted octanol–water partition coefficient (Wildman–Crippen LogP) is 3.39. The van der Waals surface area contributed by atoms with E-state index in [-0.39, 0.29) is 12.2 Å². The van der Waals surface area contributed by atoms with Gasteiger partial charge in [0.15, 0.2) is 0 Å². The molecule has 0 unspecified atom stereocenters. The van der Waals surface area contributed by atoms with Crippen LogP contribution in [-0.2, 0) is 4.74 Å². The molecule has 2 aromatic carbocycles. The van der Waals surface area contributed by atoms with Gasteiger partial charge in [-0.3, -0.25) is 4.79 Å². The number of ether oxygens (including phenoxy) is 1. The number of benzene rings is 2. The topological polar surface area (TPSA) is 55.4 Å². The smallest absolute Gasteiger partial charge is 0.338 e. The van der Waals surface area contributed by atoms with Gasteiger partial charge in [-0.05, 0) is 43.3 Å². The second-order valence-electron chi connectivity index (χ2n) is 4.41. The third-order valence-electron chi connectivity index (χ3n) is 2.78. The number of carbonyl (C=O) groups is 2. The fourth-order valence-electron chi connectivity index (χ4n) is 1.79. The molecule has 1 N–H and O–H groups in total. The predicted molar refractivity (Wildman–Crippen MR) is 76.7 cm³/mol. The van der Waals surface area contributed by atoms with Gasteiger partial charge >= 0.3 is 5.97 Å². The van der Waals surface area contributed by atoms with Crippen molar-refractivity contribution in [2.75, 3.05) is 11.9 Å². The Morgan fingerprint density at radius 2 is 1.59 bits per heavy atom. The first-order chi connectivity index (χ1) is 10.5. The van der Waals surface area contributed by atoms with Crippen LogP contribution in [0.3, 0.4) is 0 Å².